The van der Waals surface area contributed by atoms with Crippen molar-refractivity contribution in [1.82, 2.24) is 10.3 Å². The van der Waals surface area contributed by atoms with Gasteiger partial charge < -0.3 is 5.32 Å². The normalized spacial score (nSPS) is 12.7. The molecule has 1 N–H and O–H groups in total. The van der Waals surface area contributed by atoms with E-state index in [2.05, 4.69) is 23.3 Å². The van der Waals surface area contributed by atoms with Gasteiger partial charge in [-0.2, -0.15) is 0 Å². The molecule has 0 bridgehead atoms. The third-order valence-electron chi connectivity index (χ3n) is 3.21. The van der Waals surface area contributed by atoms with E-state index in [0.29, 0.717) is 6.54 Å². The van der Waals surface area contributed by atoms with Gasteiger partial charge in [-0.15, -0.1) is 11.3 Å². The zero-order chi connectivity index (χ0) is 13.9. The van der Waals surface area contributed by atoms with Crippen LogP contribution in [0.3, 0.4) is 0 Å². The number of halogens is 1. The first-order valence-corrected chi connectivity index (χ1v) is 7.37. The molecule has 0 aliphatic carbocycles. The van der Waals surface area contributed by atoms with E-state index in [9.17, 15) is 4.39 Å². The van der Waals surface area contributed by atoms with Crippen molar-refractivity contribution in [2.75, 3.05) is 0 Å². The molecule has 0 amide bonds. The van der Waals surface area contributed by atoms with Gasteiger partial charge in [0, 0.05) is 6.54 Å². The van der Waals surface area contributed by atoms with E-state index in [1.54, 1.807) is 23.5 Å². The maximum absolute atomic E-state index is 12.8. The molecule has 1 aromatic heterocycles. The number of thiazole rings is 1. The summed E-state index contributed by atoms with van der Waals surface area (Å²) in [6.07, 6.45) is 0. The first kappa shape index (κ1) is 13.2. The van der Waals surface area contributed by atoms with Crippen molar-refractivity contribution in [1.29, 1.82) is 0 Å². The molecule has 0 spiro atoms. The lowest BCUT2D eigenvalue weighted by Crippen LogP contribution is -2.17. The number of fused-ring (bicyclic) bond motifs is 1. The zero-order valence-corrected chi connectivity index (χ0v) is 12.0. The molecule has 0 saturated carbocycles. The maximum atomic E-state index is 12.8. The van der Waals surface area contributed by atoms with Gasteiger partial charge in [0.2, 0.25) is 0 Å². The molecule has 102 valence electrons. The maximum Gasteiger partial charge on any atom is 0.123 e. The van der Waals surface area contributed by atoms with Gasteiger partial charge in [-0.1, -0.05) is 24.3 Å². The largest absolute Gasteiger partial charge is 0.304 e. The first-order chi connectivity index (χ1) is 9.72. The Morgan fingerprint density at radius 2 is 1.90 bits per heavy atom. The van der Waals surface area contributed by atoms with Crippen LogP contribution >= 0.6 is 11.3 Å². The highest BCUT2D eigenvalue weighted by Crippen LogP contribution is 2.26. The van der Waals surface area contributed by atoms with Crippen LogP contribution in [0, 0.1) is 5.82 Å². The van der Waals surface area contributed by atoms with E-state index >= 15 is 0 Å². The van der Waals surface area contributed by atoms with Gasteiger partial charge in [-0.25, -0.2) is 9.37 Å². The van der Waals surface area contributed by atoms with Crippen LogP contribution in [0.5, 0.6) is 0 Å². The van der Waals surface area contributed by atoms with Crippen molar-refractivity contribution in [2.45, 2.75) is 19.5 Å². The molecule has 2 aromatic carbocycles. The molecule has 1 atom stereocenters. The molecular formula is C16H15FN2S. The van der Waals surface area contributed by atoms with Crippen LogP contribution < -0.4 is 5.32 Å². The number of aromatic nitrogens is 1. The summed E-state index contributed by atoms with van der Waals surface area (Å²) in [7, 11) is 0. The Morgan fingerprint density at radius 3 is 2.65 bits per heavy atom. The lowest BCUT2D eigenvalue weighted by Gasteiger charge is -2.10. The molecule has 0 fully saturated rings. The molecule has 1 heterocycles. The second-order valence-corrected chi connectivity index (χ2v) is 5.81. The molecule has 2 nitrogen and oxygen atoms in total. The lowest BCUT2D eigenvalue weighted by atomic mass is 10.2. The summed E-state index contributed by atoms with van der Waals surface area (Å²) in [5, 5.41) is 4.50. The van der Waals surface area contributed by atoms with E-state index in [1.807, 2.05) is 18.2 Å². The second kappa shape index (κ2) is 5.69. The lowest BCUT2D eigenvalue weighted by molar-refractivity contribution is 0.571. The average molecular weight is 286 g/mol. The highest BCUT2D eigenvalue weighted by atomic mass is 32.1. The Balaban J connectivity index is 1.69. The van der Waals surface area contributed by atoms with Crippen molar-refractivity contribution in [3.8, 4) is 0 Å². The Morgan fingerprint density at radius 1 is 1.15 bits per heavy atom. The number of rotatable bonds is 4. The monoisotopic (exact) mass is 286 g/mol. The van der Waals surface area contributed by atoms with Crippen LogP contribution in [0.25, 0.3) is 10.2 Å². The minimum absolute atomic E-state index is 0.178. The quantitative estimate of drug-likeness (QED) is 0.774. The van der Waals surface area contributed by atoms with Gasteiger partial charge in [0.15, 0.2) is 0 Å². The Labute approximate surface area is 121 Å². The number of benzene rings is 2. The van der Waals surface area contributed by atoms with E-state index in [-0.39, 0.29) is 11.9 Å². The molecule has 20 heavy (non-hydrogen) atoms. The SMILES string of the molecule is CC(NCc1ccc(F)cc1)c1nc2ccccc2s1. The van der Waals surface area contributed by atoms with Crippen LogP contribution in [0.1, 0.15) is 23.5 Å². The number of nitrogens with one attached hydrogen (secondary N) is 1. The number of hydrogen-bond donors (Lipinski definition) is 1. The predicted molar refractivity (Wildman–Crippen MR) is 81.3 cm³/mol. The van der Waals surface area contributed by atoms with Crippen molar-refractivity contribution >= 4 is 21.6 Å². The number of hydrogen-bond acceptors (Lipinski definition) is 3. The summed E-state index contributed by atoms with van der Waals surface area (Å²) in [5.74, 6) is -0.201. The highest BCUT2D eigenvalue weighted by molar-refractivity contribution is 7.18. The van der Waals surface area contributed by atoms with E-state index < -0.39 is 0 Å². The number of para-hydroxylation sites is 1. The summed E-state index contributed by atoms with van der Waals surface area (Å²) in [4.78, 5) is 4.64. The predicted octanol–water partition coefficient (Wildman–Crippen LogP) is 4.29. The van der Waals surface area contributed by atoms with Crippen LogP contribution in [0.4, 0.5) is 4.39 Å². The van der Waals surface area contributed by atoms with Crippen LogP contribution in [-0.2, 0) is 6.54 Å². The van der Waals surface area contributed by atoms with Gasteiger partial charge in [0.05, 0.1) is 16.3 Å². The Bertz CT molecular complexity index is 673. The molecular weight excluding hydrogens is 271 g/mol. The topological polar surface area (TPSA) is 24.9 Å². The molecule has 0 aliphatic rings. The molecule has 1 unspecified atom stereocenters. The fourth-order valence-electron chi connectivity index (χ4n) is 2.04. The zero-order valence-electron chi connectivity index (χ0n) is 11.1. The molecule has 0 radical (unpaired) electrons. The summed E-state index contributed by atoms with van der Waals surface area (Å²) in [5.41, 5.74) is 2.11. The van der Waals surface area contributed by atoms with Gasteiger partial charge in [-0.3, -0.25) is 0 Å². The van der Waals surface area contributed by atoms with Gasteiger partial charge in [0.1, 0.15) is 10.8 Å². The van der Waals surface area contributed by atoms with Gasteiger partial charge in [-0.05, 0) is 36.8 Å². The van der Waals surface area contributed by atoms with Crippen molar-refractivity contribution < 1.29 is 4.39 Å². The third-order valence-corrected chi connectivity index (χ3v) is 4.43. The summed E-state index contributed by atoms with van der Waals surface area (Å²) in [6, 6.07) is 14.9. The number of nitrogens with zero attached hydrogens (tertiary/aromatic N) is 1. The molecule has 0 saturated heterocycles. The summed E-state index contributed by atoms with van der Waals surface area (Å²) < 4.78 is 14.0. The van der Waals surface area contributed by atoms with Gasteiger partial charge in [0.25, 0.3) is 0 Å². The van der Waals surface area contributed by atoms with Gasteiger partial charge >= 0.3 is 0 Å². The Kier molecular flexibility index (Phi) is 3.76. The summed E-state index contributed by atoms with van der Waals surface area (Å²) >= 11 is 1.71. The van der Waals surface area contributed by atoms with E-state index in [0.717, 1.165) is 16.1 Å². The van der Waals surface area contributed by atoms with E-state index in [1.165, 1.54) is 16.8 Å². The third kappa shape index (κ3) is 2.86. The van der Waals surface area contributed by atoms with Crippen LogP contribution in [-0.4, -0.2) is 4.98 Å². The molecule has 3 rings (SSSR count). The van der Waals surface area contributed by atoms with Crippen LogP contribution in [0.2, 0.25) is 0 Å². The Hall–Kier alpha value is -1.78. The average Bonchev–Trinajstić information content (AvgIpc) is 2.90. The first-order valence-electron chi connectivity index (χ1n) is 6.55. The molecule has 0 aliphatic heterocycles. The summed E-state index contributed by atoms with van der Waals surface area (Å²) in [6.45, 7) is 2.80. The van der Waals surface area contributed by atoms with Crippen LogP contribution in [0.15, 0.2) is 48.5 Å². The second-order valence-electron chi connectivity index (χ2n) is 4.75. The fourth-order valence-corrected chi connectivity index (χ4v) is 3.03. The van der Waals surface area contributed by atoms with Crippen molar-refractivity contribution in [3.05, 3.63) is 64.9 Å². The standard InChI is InChI=1S/C16H15FN2S/c1-11(18-10-12-6-8-13(17)9-7-12)16-19-14-4-2-3-5-15(14)20-16/h2-9,11,18H,10H2,1H3. The minimum Gasteiger partial charge on any atom is -0.304 e. The minimum atomic E-state index is -0.201. The fraction of sp³-hybridized carbons (Fsp3) is 0.188. The van der Waals surface area contributed by atoms with E-state index in [4.69, 9.17) is 0 Å². The molecule has 3 aromatic rings. The molecule has 4 heteroatoms. The van der Waals surface area contributed by atoms with Crippen molar-refractivity contribution in [3.63, 3.8) is 0 Å². The van der Waals surface area contributed by atoms with Crippen molar-refractivity contribution in [2.24, 2.45) is 0 Å². The smallest absolute Gasteiger partial charge is 0.123 e. The highest BCUT2D eigenvalue weighted by Gasteiger charge is 2.10.